The van der Waals surface area contributed by atoms with E-state index in [4.69, 9.17) is 4.74 Å². The summed E-state index contributed by atoms with van der Waals surface area (Å²) < 4.78 is 5.96. The average molecular weight is 454 g/mol. The van der Waals surface area contributed by atoms with Crippen LogP contribution in [0, 0.1) is 5.92 Å². The van der Waals surface area contributed by atoms with Gasteiger partial charge in [0.05, 0.1) is 6.10 Å². The maximum Gasteiger partial charge on any atom is 0.243 e. The number of ether oxygens (including phenoxy) is 1. The fraction of sp³-hybridized carbons (Fsp3) is 0.882. The molecule has 24 heavy (non-hydrogen) atoms. The van der Waals surface area contributed by atoms with Crippen molar-refractivity contribution in [1.29, 1.82) is 0 Å². The van der Waals surface area contributed by atoms with Gasteiger partial charge in [-0.15, -0.1) is 24.0 Å². The molecule has 0 spiro atoms. The Morgan fingerprint density at radius 1 is 1.29 bits per heavy atom. The van der Waals surface area contributed by atoms with Crippen molar-refractivity contribution >= 4 is 35.8 Å². The Hall–Kier alpha value is -0.570. The summed E-state index contributed by atoms with van der Waals surface area (Å²) in [6, 6.07) is 0.349. The second-order valence-corrected chi connectivity index (χ2v) is 6.33. The zero-order valence-electron chi connectivity index (χ0n) is 15.8. The van der Waals surface area contributed by atoms with E-state index in [0.717, 1.165) is 44.8 Å². The lowest BCUT2D eigenvalue weighted by atomic mass is 9.89. The molecular formula is C17H35IN4O2. The first-order valence-corrected chi connectivity index (χ1v) is 8.88. The van der Waals surface area contributed by atoms with Gasteiger partial charge in [0.15, 0.2) is 5.96 Å². The fourth-order valence-electron chi connectivity index (χ4n) is 2.90. The number of likely N-dealkylation sites (N-methyl/N-ethyl adjacent to an activating group) is 1. The van der Waals surface area contributed by atoms with Crippen molar-refractivity contribution in [3.05, 3.63) is 0 Å². The van der Waals surface area contributed by atoms with Gasteiger partial charge in [0, 0.05) is 33.3 Å². The molecule has 0 aromatic carbocycles. The molecular weight excluding hydrogens is 419 g/mol. The van der Waals surface area contributed by atoms with Gasteiger partial charge >= 0.3 is 0 Å². The van der Waals surface area contributed by atoms with Crippen molar-refractivity contribution in [2.24, 2.45) is 10.9 Å². The lowest BCUT2D eigenvalue weighted by Gasteiger charge is -2.35. The Morgan fingerprint density at radius 2 is 1.96 bits per heavy atom. The van der Waals surface area contributed by atoms with E-state index in [-0.39, 0.29) is 36.4 Å². The molecule has 0 saturated carbocycles. The minimum absolute atomic E-state index is 0. The molecule has 1 amide bonds. The number of amides is 1. The van der Waals surface area contributed by atoms with Gasteiger partial charge in [-0.05, 0) is 25.7 Å². The number of rotatable bonds is 7. The number of hydrogen-bond donors (Lipinski definition) is 2. The van der Waals surface area contributed by atoms with E-state index < -0.39 is 0 Å². The van der Waals surface area contributed by atoms with Gasteiger partial charge in [0.1, 0.15) is 6.54 Å². The summed E-state index contributed by atoms with van der Waals surface area (Å²) in [6.07, 6.45) is 4.60. The van der Waals surface area contributed by atoms with Gasteiger partial charge < -0.3 is 20.3 Å². The van der Waals surface area contributed by atoms with Crippen molar-refractivity contribution in [2.45, 2.75) is 58.6 Å². The highest BCUT2D eigenvalue weighted by atomic mass is 127. The molecule has 7 heteroatoms. The van der Waals surface area contributed by atoms with Crippen LogP contribution in [0.15, 0.2) is 4.99 Å². The molecule has 6 nitrogen and oxygen atoms in total. The van der Waals surface area contributed by atoms with Gasteiger partial charge in [-0.2, -0.15) is 0 Å². The molecule has 1 aliphatic rings. The van der Waals surface area contributed by atoms with E-state index >= 15 is 0 Å². The molecule has 1 saturated heterocycles. The maximum absolute atomic E-state index is 11.7. The van der Waals surface area contributed by atoms with Gasteiger partial charge in [0.25, 0.3) is 0 Å². The van der Waals surface area contributed by atoms with Crippen molar-refractivity contribution < 1.29 is 9.53 Å². The third-order valence-electron chi connectivity index (χ3n) is 4.45. The van der Waals surface area contributed by atoms with E-state index in [2.05, 4.69) is 29.5 Å². The smallest absolute Gasteiger partial charge is 0.243 e. The highest BCUT2D eigenvalue weighted by Gasteiger charge is 2.28. The molecule has 1 aliphatic heterocycles. The number of nitrogens with one attached hydrogen (secondary N) is 2. The zero-order chi connectivity index (χ0) is 17.2. The maximum atomic E-state index is 11.7. The van der Waals surface area contributed by atoms with Gasteiger partial charge in [-0.3, -0.25) is 4.79 Å². The Bertz CT molecular complexity index is 387. The average Bonchev–Trinajstić information content (AvgIpc) is 2.54. The van der Waals surface area contributed by atoms with E-state index in [0.29, 0.717) is 18.1 Å². The van der Waals surface area contributed by atoms with Crippen molar-refractivity contribution in [2.75, 3.05) is 33.8 Å². The predicted octanol–water partition coefficient (Wildman–Crippen LogP) is 2.23. The number of nitrogens with zero attached hydrogens (tertiary/aromatic N) is 2. The quantitative estimate of drug-likeness (QED) is 0.352. The molecule has 1 heterocycles. The highest BCUT2D eigenvalue weighted by molar-refractivity contribution is 14.0. The summed E-state index contributed by atoms with van der Waals surface area (Å²) in [7, 11) is 3.49. The molecule has 2 atom stereocenters. The summed E-state index contributed by atoms with van der Waals surface area (Å²) in [6.45, 7) is 8.22. The molecule has 142 valence electrons. The van der Waals surface area contributed by atoms with Crippen LogP contribution >= 0.6 is 24.0 Å². The van der Waals surface area contributed by atoms with E-state index in [1.807, 2.05) is 6.92 Å². The van der Waals surface area contributed by atoms with Crippen molar-refractivity contribution in [3.63, 3.8) is 0 Å². The largest absolute Gasteiger partial charge is 0.378 e. The third-order valence-corrected chi connectivity index (χ3v) is 4.45. The second kappa shape index (κ2) is 12.7. The number of carbonyl (C=O) groups is 1. The van der Waals surface area contributed by atoms with Crippen LogP contribution in [0.5, 0.6) is 0 Å². The standard InChI is InChI=1S/C17H34N4O2.HI/c1-6-13(7-2)15-11-14(9-10-23-15)20-17(18-8-3)19-12-16(22)21(4)5;/h13-15H,6-12H2,1-5H3,(H2,18,19,20);1H. The summed E-state index contributed by atoms with van der Waals surface area (Å²) in [4.78, 5) is 17.7. The lowest BCUT2D eigenvalue weighted by Crippen LogP contribution is -2.48. The Labute approximate surface area is 164 Å². The van der Waals surface area contributed by atoms with Crippen LogP contribution in [-0.4, -0.2) is 62.7 Å². The summed E-state index contributed by atoms with van der Waals surface area (Å²) in [5.74, 6) is 1.34. The summed E-state index contributed by atoms with van der Waals surface area (Å²) >= 11 is 0. The first-order chi connectivity index (χ1) is 11.0. The number of hydrogen-bond acceptors (Lipinski definition) is 3. The van der Waals surface area contributed by atoms with E-state index in [1.54, 1.807) is 19.0 Å². The molecule has 0 radical (unpaired) electrons. The molecule has 2 unspecified atom stereocenters. The monoisotopic (exact) mass is 454 g/mol. The molecule has 0 aromatic rings. The van der Waals surface area contributed by atoms with Crippen LogP contribution in [0.1, 0.15) is 46.5 Å². The number of aliphatic imine (C=N–C) groups is 1. The number of halogens is 1. The molecule has 0 aliphatic carbocycles. The van der Waals surface area contributed by atoms with Crippen LogP contribution in [0.4, 0.5) is 0 Å². The zero-order valence-corrected chi connectivity index (χ0v) is 18.1. The Kier molecular flexibility index (Phi) is 12.4. The third kappa shape index (κ3) is 8.00. The van der Waals surface area contributed by atoms with Gasteiger partial charge in [-0.1, -0.05) is 26.7 Å². The van der Waals surface area contributed by atoms with Crippen molar-refractivity contribution in [3.8, 4) is 0 Å². The first kappa shape index (κ1) is 23.4. The van der Waals surface area contributed by atoms with Crippen molar-refractivity contribution in [1.82, 2.24) is 15.5 Å². The Morgan fingerprint density at radius 3 is 2.50 bits per heavy atom. The Balaban J connectivity index is 0.00000529. The normalized spacial score (nSPS) is 21.2. The first-order valence-electron chi connectivity index (χ1n) is 8.88. The van der Waals surface area contributed by atoms with Crippen LogP contribution in [0.2, 0.25) is 0 Å². The second-order valence-electron chi connectivity index (χ2n) is 6.33. The summed E-state index contributed by atoms with van der Waals surface area (Å²) in [5.41, 5.74) is 0. The van der Waals surface area contributed by atoms with Crippen LogP contribution in [0.25, 0.3) is 0 Å². The minimum atomic E-state index is 0. The number of carbonyl (C=O) groups excluding carboxylic acids is 1. The predicted molar refractivity (Wildman–Crippen MR) is 110 cm³/mol. The van der Waals surface area contributed by atoms with E-state index in [9.17, 15) is 4.79 Å². The highest BCUT2D eigenvalue weighted by Crippen LogP contribution is 2.25. The fourth-order valence-corrected chi connectivity index (χ4v) is 2.90. The topological polar surface area (TPSA) is 66.0 Å². The minimum Gasteiger partial charge on any atom is -0.378 e. The lowest BCUT2D eigenvalue weighted by molar-refractivity contribution is -0.127. The van der Waals surface area contributed by atoms with E-state index in [1.165, 1.54) is 0 Å². The summed E-state index contributed by atoms with van der Waals surface area (Å²) in [5, 5.41) is 6.70. The van der Waals surface area contributed by atoms with Crippen LogP contribution < -0.4 is 10.6 Å². The number of guanidine groups is 1. The van der Waals surface area contributed by atoms with Gasteiger partial charge in [-0.25, -0.2) is 4.99 Å². The van der Waals surface area contributed by atoms with Crippen LogP contribution in [-0.2, 0) is 9.53 Å². The van der Waals surface area contributed by atoms with Gasteiger partial charge in [0.2, 0.25) is 5.91 Å². The SMILES string of the molecule is CCNC(=NCC(=O)N(C)C)NC1CCOC(C(CC)CC)C1.I. The van der Waals surface area contributed by atoms with Crippen LogP contribution in [0.3, 0.4) is 0 Å². The molecule has 1 rings (SSSR count). The molecule has 1 fully saturated rings. The molecule has 0 bridgehead atoms. The molecule has 0 aromatic heterocycles. The molecule has 2 N–H and O–H groups in total.